The fourth-order valence-corrected chi connectivity index (χ4v) is 0.531. The second kappa shape index (κ2) is 2.09. The lowest BCUT2D eigenvalue weighted by Gasteiger charge is -2.00. The number of ketones is 1. The second-order valence-corrected chi connectivity index (χ2v) is 1.69. The molecule has 3 heteroatoms. The number of carbonyl (C=O) groups is 1. The Hall–Kier alpha value is -0.990. The molecule has 0 radical (unpaired) electrons. The second-order valence-electron chi connectivity index (χ2n) is 1.69. The predicted molar refractivity (Wildman–Crippen MR) is 28.2 cm³/mol. The van der Waals surface area contributed by atoms with Crippen LogP contribution in [0.5, 0.6) is 0 Å². The van der Waals surface area contributed by atoms with Gasteiger partial charge < -0.3 is 0 Å². The smallest absolute Gasteiger partial charge is 0.193 e. The summed E-state index contributed by atoms with van der Waals surface area (Å²) >= 11 is 0. The third kappa shape index (κ3) is 1.22. The van der Waals surface area contributed by atoms with Crippen LogP contribution in [0.15, 0.2) is 24.1 Å². The first-order valence-corrected chi connectivity index (χ1v) is 2.43. The van der Waals surface area contributed by atoms with Crippen molar-refractivity contribution in [2.45, 2.75) is 6.17 Å². The van der Waals surface area contributed by atoms with E-state index in [0.717, 1.165) is 12.2 Å². The molecule has 9 heavy (non-hydrogen) atoms. The number of hydrogen-bond acceptors (Lipinski definition) is 1. The average molecular weight is 130 g/mol. The Bertz CT molecular complexity index is 193. The number of rotatable bonds is 0. The molecule has 0 aromatic rings. The van der Waals surface area contributed by atoms with Gasteiger partial charge in [-0.15, -0.1) is 0 Å². The Balaban J connectivity index is 2.82. The Labute approximate surface area is 50.7 Å². The zero-order valence-electron chi connectivity index (χ0n) is 4.47. The highest BCUT2D eigenvalue weighted by atomic mass is 19.1. The van der Waals surface area contributed by atoms with Gasteiger partial charge in [-0.2, -0.15) is 0 Å². The third-order valence-electron chi connectivity index (χ3n) is 0.984. The van der Waals surface area contributed by atoms with Crippen molar-refractivity contribution >= 4 is 5.78 Å². The number of halogens is 2. The molecule has 1 aliphatic rings. The highest BCUT2D eigenvalue weighted by Crippen LogP contribution is 2.10. The van der Waals surface area contributed by atoms with Gasteiger partial charge in [-0.3, -0.25) is 4.79 Å². The summed E-state index contributed by atoms with van der Waals surface area (Å²) in [5.41, 5.74) is 0. The van der Waals surface area contributed by atoms with Gasteiger partial charge in [0.05, 0.1) is 0 Å². The monoisotopic (exact) mass is 130 g/mol. The zero-order valence-corrected chi connectivity index (χ0v) is 4.47. The van der Waals surface area contributed by atoms with Crippen LogP contribution in [-0.4, -0.2) is 12.0 Å². The number of hydrogen-bond donors (Lipinski definition) is 0. The van der Waals surface area contributed by atoms with Crippen LogP contribution in [0.1, 0.15) is 0 Å². The Kier molecular flexibility index (Phi) is 1.42. The van der Waals surface area contributed by atoms with E-state index in [0.29, 0.717) is 6.08 Å². The van der Waals surface area contributed by atoms with Crippen LogP contribution in [0.4, 0.5) is 8.78 Å². The molecular weight excluding hydrogens is 126 g/mol. The Morgan fingerprint density at radius 3 is 2.56 bits per heavy atom. The molecule has 0 saturated heterocycles. The maximum atomic E-state index is 12.1. The van der Waals surface area contributed by atoms with E-state index in [-0.39, 0.29) is 0 Å². The molecule has 0 saturated carbocycles. The maximum Gasteiger partial charge on any atom is 0.193 e. The van der Waals surface area contributed by atoms with Crippen molar-refractivity contribution in [2.24, 2.45) is 0 Å². The van der Waals surface area contributed by atoms with Crippen molar-refractivity contribution in [2.75, 3.05) is 0 Å². The molecule has 0 spiro atoms. The summed E-state index contributed by atoms with van der Waals surface area (Å²) in [6, 6.07) is 0. The summed E-state index contributed by atoms with van der Waals surface area (Å²) in [5.74, 6) is -1.39. The van der Waals surface area contributed by atoms with E-state index >= 15 is 0 Å². The molecule has 0 fully saturated rings. The molecule has 1 unspecified atom stereocenters. The standard InChI is InChI=1S/C6H4F2O/c7-4-1-2-6(9)5(8)3-4/h1-3,5H. The fourth-order valence-electron chi connectivity index (χ4n) is 0.531. The van der Waals surface area contributed by atoms with Crippen LogP contribution >= 0.6 is 0 Å². The molecular formula is C6H4F2O. The van der Waals surface area contributed by atoms with Crippen molar-refractivity contribution in [1.29, 1.82) is 0 Å². The summed E-state index contributed by atoms with van der Waals surface area (Å²) < 4.78 is 24.1. The molecule has 1 aliphatic carbocycles. The van der Waals surface area contributed by atoms with Gasteiger partial charge in [0.2, 0.25) is 0 Å². The molecule has 0 aromatic carbocycles. The van der Waals surface area contributed by atoms with E-state index in [1.54, 1.807) is 0 Å². The van der Waals surface area contributed by atoms with Gasteiger partial charge in [0.25, 0.3) is 0 Å². The van der Waals surface area contributed by atoms with Gasteiger partial charge in [0.1, 0.15) is 5.83 Å². The van der Waals surface area contributed by atoms with E-state index in [1.807, 2.05) is 0 Å². The van der Waals surface area contributed by atoms with Crippen LogP contribution in [0.2, 0.25) is 0 Å². The van der Waals surface area contributed by atoms with E-state index < -0.39 is 17.8 Å². The van der Waals surface area contributed by atoms with Gasteiger partial charge in [0.15, 0.2) is 12.0 Å². The van der Waals surface area contributed by atoms with E-state index in [9.17, 15) is 13.6 Å². The van der Waals surface area contributed by atoms with Crippen LogP contribution in [-0.2, 0) is 4.79 Å². The first-order chi connectivity index (χ1) is 4.20. The topological polar surface area (TPSA) is 17.1 Å². The quantitative estimate of drug-likeness (QED) is 0.483. The van der Waals surface area contributed by atoms with Crippen LogP contribution in [0, 0.1) is 0 Å². The van der Waals surface area contributed by atoms with Crippen LogP contribution in [0.25, 0.3) is 0 Å². The molecule has 0 aliphatic heterocycles. The minimum absolute atomic E-state index is 0.641. The minimum atomic E-state index is -1.78. The van der Waals surface area contributed by atoms with Crippen LogP contribution in [0.3, 0.4) is 0 Å². The normalized spacial score (nSPS) is 26.2. The summed E-state index contributed by atoms with van der Waals surface area (Å²) in [5, 5.41) is 0. The van der Waals surface area contributed by atoms with Gasteiger partial charge in [-0.05, 0) is 18.2 Å². The first kappa shape index (κ1) is 6.13. The number of alkyl halides is 1. The molecule has 0 heterocycles. The van der Waals surface area contributed by atoms with Gasteiger partial charge in [-0.25, -0.2) is 8.78 Å². The van der Waals surface area contributed by atoms with Crippen molar-refractivity contribution in [3.05, 3.63) is 24.1 Å². The zero-order chi connectivity index (χ0) is 6.85. The van der Waals surface area contributed by atoms with Crippen molar-refractivity contribution in [1.82, 2.24) is 0 Å². The largest absolute Gasteiger partial charge is 0.291 e. The molecule has 0 N–H and O–H groups in total. The van der Waals surface area contributed by atoms with Gasteiger partial charge in [-0.1, -0.05) is 0 Å². The molecule has 48 valence electrons. The molecule has 0 amide bonds. The molecule has 1 rings (SSSR count). The van der Waals surface area contributed by atoms with E-state index in [4.69, 9.17) is 0 Å². The van der Waals surface area contributed by atoms with E-state index in [1.165, 1.54) is 0 Å². The molecule has 0 bridgehead atoms. The summed E-state index contributed by atoms with van der Waals surface area (Å²) in [7, 11) is 0. The molecule has 0 aromatic heterocycles. The van der Waals surface area contributed by atoms with Crippen molar-refractivity contribution in [3.8, 4) is 0 Å². The highest BCUT2D eigenvalue weighted by molar-refractivity contribution is 5.96. The highest BCUT2D eigenvalue weighted by Gasteiger charge is 2.15. The lowest BCUT2D eigenvalue weighted by Crippen LogP contribution is -2.12. The first-order valence-electron chi connectivity index (χ1n) is 2.43. The summed E-state index contributed by atoms with van der Waals surface area (Å²) in [6.45, 7) is 0. The summed E-state index contributed by atoms with van der Waals surface area (Å²) in [4.78, 5) is 10.3. The van der Waals surface area contributed by atoms with Crippen molar-refractivity contribution < 1.29 is 13.6 Å². The third-order valence-corrected chi connectivity index (χ3v) is 0.984. The van der Waals surface area contributed by atoms with Crippen LogP contribution < -0.4 is 0 Å². The predicted octanol–water partition coefficient (Wildman–Crippen LogP) is 1.32. The van der Waals surface area contributed by atoms with Gasteiger partial charge >= 0.3 is 0 Å². The molecule has 1 nitrogen and oxygen atoms in total. The molecule has 1 atom stereocenters. The Morgan fingerprint density at radius 1 is 1.44 bits per heavy atom. The number of carbonyl (C=O) groups excluding carboxylic acids is 1. The Morgan fingerprint density at radius 2 is 2.11 bits per heavy atom. The lowest BCUT2D eigenvalue weighted by molar-refractivity contribution is -0.117. The SMILES string of the molecule is O=C1C=CC(F)=CC1F. The van der Waals surface area contributed by atoms with Gasteiger partial charge in [0, 0.05) is 0 Å². The van der Waals surface area contributed by atoms with Crippen molar-refractivity contribution in [3.63, 3.8) is 0 Å². The maximum absolute atomic E-state index is 12.1. The number of allylic oxidation sites excluding steroid dienone is 4. The minimum Gasteiger partial charge on any atom is -0.291 e. The van der Waals surface area contributed by atoms with E-state index in [2.05, 4.69) is 0 Å². The fraction of sp³-hybridized carbons (Fsp3) is 0.167. The average Bonchev–Trinajstić information content (AvgIpc) is 1.80. The lowest BCUT2D eigenvalue weighted by atomic mass is 10.1. The summed E-state index contributed by atoms with van der Waals surface area (Å²) in [6.07, 6.45) is 0.691.